The maximum absolute atomic E-state index is 12.1. The van der Waals surface area contributed by atoms with Crippen molar-refractivity contribution in [2.45, 2.75) is 19.8 Å². The van der Waals surface area contributed by atoms with E-state index in [0.29, 0.717) is 12.8 Å². The molecule has 0 fully saturated rings. The lowest BCUT2D eigenvalue weighted by atomic mass is 10.1. The maximum Gasteiger partial charge on any atom is 0.143 e. The predicted molar refractivity (Wildman–Crippen MR) is 82.2 cm³/mol. The fourth-order valence-electron chi connectivity index (χ4n) is 2.00. The van der Waals surface area contributed by atoms with E-state index in [-0.39, 0.29) is 5.78 Å². The Morgan fingerprint density at radius 2 is 2.05 bits per heavy atom. The van der Waals surface area contributed by atoms with Crippen LogP contribution < -0.4 is 0 Å². The average molecular weight is 386 g/mol. The first-order chi connectivity index (χ1) is 8.97. The summed E-state index contributed by atoms with van der Waals surface area (Å²) in [6, 6.07) is 7.83. The van der Waals surface area contributed by atoms with E-state index < -0.39 is 0 Å². The Balaban J connectivity index is 2.09. The number of ketones is 1. The van der Waals surface area contributed by atoms with Crippen LogP contribution >= 0.6 is 31.9 Å². The molecule has 3 nitrogen and oxygen atoms in total. The van der Waals surface area contributed by atoms with Crippen LogP contribution in [0.3, 0.4) is 0 Å². The molecule has 0 aliphatic rings. The van der Waals surface area contributed by atoms with Crippen LogP contribution in [0, 0.1) is 6.92 Å². The highest BCUT2D eigenvalue weighted by Gasteiger charge is 2.14. The molecule has 0 radical (unpaired) electrons. The van der Waals surface area contributed by atoms with Crippen LogP contribution in [0.5, 0.6) is 0 Å². The van der Waals surface area contributed by atoms with Crippen LogP contribution in [0.1, 0.15) is 17.0 Å². The van der Waals surface area contributed by atoms with Gasteiger partial charge in [-0.25, -0.2) is 0 Å². The summed E-state index contributed by atoms with van der Waals surface area (Å²) < 4.78 is 3.69. The molecule has 0 N–H and O–H groups in total. The van der Waals surface area contributed by atoms with Crippen molar-refractivity contribution >= 4 is 37.6 Å². The standard InChI is InChI=1S/C14H14Br2N2O/c1-9-14(16)13(18(2)17-9)8-12(19)7-10-4-3-5-11(15)6-10/h3-6H,7-8H2,1-2H3. The molecule has 100 valence electrons. The number of hydrogen-bond donors (Lipinski definition) is 0. The van der Waals surface area contributed by atoms with Gasteiger partial charge in [-0.15, -0.1) is 0 Å². The van der Waals surface area contributed by atoms with Gasteiger partial charge in [-0.1, -0.05) is 28.1 Å². The van der Waals surface area contributed by atoms with Crippen molar-refractivity contribution in [3.8, 4) is 0 Å². The highest BCUT2D eigenvalue weighted by molar-refractivity contribution is 9.10. The molecule has 5 heteroatoms. The number of carbonyl (C=O) groups is 1. The Morgan fingerprint density at radius 3 is 2.63 bits per heavy atom. The van der Waals surface area contributed by atoms with Gasteiger partial charge in [0.2, 0.25) is 0 Å². The van der Waals surface area contributed by atoms with Gasteiger partial charge in [0.25, 0.3) is 0 Å². The predicted octanol–water partition coefficient (Wildman–Crippen LogP) is 3.61. The SMILES string of the molecule is Cc1nn(C)c(CC(=O)Cc2cccc(Br)c2)c1Br. The molecular weight excluding hydrogens is 372 g/mol. The summed E-state index contributed by atoms with van der Waals surface area (Å²) in [6.45, 7) is 1.92. The van der Waals surface area contributed by atoms with Gasteiger partial charge in [0, 0.05) is 24.4 Å². The Hall–Kier alpha value is -0.940. The summed E-state index contributed by atoms with van der Waals surface area (Å²) in [5, 5.41) is 4.29. The van der Waals surface area contributed by atoms with Gasteiger partial charge in [0.15, 0.2) is 0 Å². The second kappa shape index (κ2) is 6.01. The van der Waals surface area contributed by atoms with Gasteiger partial charge < -0.3 is 0 Å². The minimum atomic E-state index is 0.182. The molecule has 2 rings (SSSR count). The molecule has 0 aliphatic carbocycles. The lowest BCUT2D eigenvalue weighted by Gasteiger charge is -2.04. The largest absolute Gasteiger partial charge is 0.299 e. The van der Waals surface area contributed by atoms with E-state index in [0.717, 1.165) is 25.9 Å². The Kier molecular flexibility index (Phi) is 4.58. The minimum absolute atomic E-state index is 0.182. The van der Waals surface area contributed by atoms with Gasteiger partial charge in [0.1, 0.15) is 5.78 Å². The topological polar surface area (TPSA) is 34.9 Å². The summed E-state index contributed by atoms with van der Waals surface area (Å²) >= 11 is 6.90. The lowest BCUT2D eigenvalue weighted by molar-refractivity contribution is -0.117. The maximum atomic E-state index is 12.1. The van der Waals surface area contributed by atoms with E-state index in [1.165, 1.54) is 0 Å². The summed E-state index contributed by atoms with van der Waals surface area (Å²) in [6.07, 6.45) is 0.834. The summed E-state index contributed by atoms with van der Waals surface area (Å²) in [5.74, 6) is 0.182. The molecule has 0 saturated heterocycles. The molecule has 0 aliphatic heterocycles. The molecule has 0 bridgehead atoms. The molecule has 1 aromatic carbocycles. The molecule has 1 aromatic heterocycles. The van der Waals surface area contributed by atoms with Crippen LogP contribution in [0.4, 0.5) is 0 Å². The van der Waals surface area contributed by atoms with Crippen molar-refractivity contribution in [2.24, 2.45) is 7.05 Å². The number of aryl methyl sites for hydroxylation is 2. The van der Waals surface area contributed by atoms with Crippen LogP contribution in [-0.2, 0) is 24.7 Å². The first-order valence-electron chi connectivity index (χ1n) is 5.91. The number of hydrogen-bond acceptors (Lipinski definition) is 2. The fraction of sp³-hybridized carbons (Fsp3) is 0.286. The van der Waals surface area contributed by atoms with Gasteiger partial charge in [0.05, 0.1) is 15.9 Å². The van der Waals surface area contributed by atoms with Crippen molar-refractivity contribution in [1.29, 1.82) is 0 Å². The minimum Gasteiger partial charge on any atom is -0.299 e. The summed E-state index contributed by atoms with van der Waals surface area (Å²) in [5.41, 5.74) is 2.86. The third-order valence-corrected chi connectivity index (χ3v) is 4.44. The first-order valence-corrected chi connectivity index (χ1v) is 7.50. The van der Waals surface area contributed by atoms with Crippen molar-refractivity contribution < 1.29 is 4.79 Å². The zero-order chi connectivity index (χ0) is 14.0. The number of carbonyl (C=O) groups excluding carboxylic acids is 1. The second-order valence-corrected chi connectivity index (χ2v) is 6.20. The molecule has 0 spiro atoms. The van der Waals surface area contributed by atoms with Gasteiger partial charge >= 0.3 is 0 Å². The van der Waals surface area contributed by atoms with Crippen LogP contribution in [0.2, 0.25) is 0 Å². The Labute approximate surface area is 129 Å². The number of rotatable bonds is 4. The Morgan fingerprint density at radius 1 is 1.32 bits per heavy atom. The second-order valence-electron chi connectivity index (χ2n) is 4.49. The number of benzene rings is 1. The molecule has 1 heterocycles. The fourth-order valence-corrected chi connectivity index (χ4v) is 2.92. The molecule has 2 aromatic rings. The monoisotopic (exact) mass is 384 g/mol. The summed E-state index contributed by atoms with van der Waals surface area (Å²) in [4.78, 5) is 12.1. The normalized spacial score (nSPS) is 10.7. The van der Waals surface area contributed by atoms with E-state index in [1.54, 1.807) is 4.68 Å². The molecular formula is C14H14Br2N2O. The van der Waals surface area contributed by atoms with E-state index in [4.69, 9.17) is 0 Å². The first kappa shape index (κ1) is 14.5. The molecule has 19 heavy (non-hydrogen) atoms. The number of nitrogens with zero attached hydrogens (tertiary/aromatic N) is 2. The van der Waals surface area contributed by atoms with Gasteiger partial charge in [-0.05, 0) is 40.5 Å². The van der Waals surface area contributed by atoms with Gasteiger partial charge in [-0.3, -0.25) is 9.48 Å². The molecule has 0 unspecified atom stereocenters. The van der Waals surface area contributed by atoms with Crippen molar-refractivity contribution in [3.05, 3.63) is 50.2 Å². The number of halogens is 2. The zero-order valence-electron chi connectivity index (χ0n) is 10.8. The van der Waals surface area contributed by atoms with E-state index >= 15 is 0 Å². The van der Waals surface area contributed by atoms with E-state index in [9.17, 15) is 4.79 Å². The highest BCUT2D eigenvalue weighted by Crippen LogP contribution is 2.21. The smallest absolute Gasteiger partial charge is 0.143 e. The van der Waals surface area contributed by atoms with Crippen LogP contribution in [0.25, 0.3) is 0 Å². The van der Waals surface area contributed by atoms with Crippen molar-refractivity contribution in [2.75, 3.05) is 0 Å². The summed E-state index contributed by atoms with van der Waals surface area (Å²) in [7, 11) is 1.86. The molecule has 0 saturated carbocycles. The molecule has 0 amide bonds. The van der Waals surface area contributed by atoms with E-state index in [2.05, 4.69) is 37.0 Å². The van der Waals surface area contributed by atoms with Crippen LogP contribution in [0.15, 0.2) is 33.2 Å². The van der Waals surface area contributed by atoms with Crippen molar-refractivity contribution in [3.63, 3.8) is 0 Å². The van der Waals surface area contributed by atoms with Crippen molar-refractivity contribution in [1.82, 2.24) is 9.78 Å². The third kappa shape index (κ3) is 3.54. The van der Waals surface area contributed by atoms with E-state index in [1.807, 2.05) is 38.2 Å². The molecule has 0 atom stereocenters. The number of aromatic nitrogens is 2. The van der Waals surface area contributed by atoms with Gasteiger partial charge in [-0.2, -0.15) is 5.10 Å². The van der Waals surface area contributed by atoms with Crippen LogP contribution in [-0.4, -0.2) is 15.6 Å². The highest BCUT2D eigenvalue weighted by atomic mass is 79.9. The average Bonchev–Trinajstić information content (AvgIpc) is 2.56. The quantitative estimate of drug-likeness (QED) is 0.805. The zero-order valence-corrected chi connectivity index (χ0v) is 14.0. The Bertz CT molecular complexity index is 620. The number of Topliss-reactive ketones (excluding diaryl/α,β-unsaturated/α-hetero) is 1. The third-order valence-electron chi connectivity index (χ3n) is 2.92. The lowest BCUT2D eigenvalue weighted by Crippen LogP contribution is -2.10.